The van der Waals surface area contributed by atoms with E-state index in [4.69, 9.17) is 11.0 Å². The van der Waals surface area contributed by atoms with Crippen LogP contribution in [0, 0.1) is 11.3 Å². The Labute approximate surface area is 78.0 Å². The Morgan fingerprint density at radius 2 is 2.14 bits per heavy atom. The fraction of sp³-hybridized carbons (Fsp3) is 0.250. The molecule has 0 aliphatic heterocycles. The molecule has 0 bridgehead atoms. The highest BCUT2D eigenvalue weighted by molar-refractivity contribution is 5.33. The molecule has 0 amide bonds. The van der Waals surface area contributed by atoms with E-state index in [0.29, 0.717) is 0 Å². The minimum atomic E-state index is -4.56. The lowest BCUT2D eigenvalue weighted by atomic mass is 10.1. The van der Waals surface area contributed by atoms with Crippen molar-refractivity contribution in [2.45, 2.75) is 12.2 Å². The van der Waals surface area contributed by atoms with E-state index in [1.807, 2.05) is 0 Å². The van der Waals surface area contributed by atoms with E-state index in [9.17, 15) is 13.2 Å². The van der Waals surface area contributed by atoms with Crippen molar-refractivity contribution in [2.75, 3.05) is 0 Å². The van der Waals surface area contributed by atoms with Gasteiger partial charge in [-0.3, -0.25) is 0 Å². The molecule has 6 heteroatoms. The summed E-state index contributed by atoms with van der Waals surface area (Å²) in [6, 6.07) is 1.85. The average molecular weight is 201 g/mol. The minimum absolute atomic E-state index is 0.294. The molecule has 0 saturated heterocycles. The van der Waals surface area contributed by atoms with Crippen LogP contribution < -0.4 is 5.73 Å². The number of alkyl halides is 3. The number of halogens is 3. The molecular formula is C8H6F3N3. The predicted octanol–water partition coefficient (Wildman–Crippen LogP) is 1.52. The van der Waals surface area contributed by atoms with Crippen LogP contribution in [0.3, 0.4) is 0 Å². The molecule has 14 heavy (non-hydrogen) atoms. The summed E-state index contributed by atoms with van der Waals surface area (Å²) in [5, 5.41) is 8.50. The molecular weight excluding hydrogens is 195 g/mol. The van der Waals surface area contributed by atoms with Gasteiger partial charge in [0.2, 0.25) is 0 Å². The van der Waals surface area contributed by atoms with Crippen LogP contribution in [0.1, 0.15) is 17.3 Å². The quantitative estimate of drug-likeness (QED) is 0.749. The molecule has 0 spiro atoms. The first-order chi connectivity index (χ1) is 6.46. The Bertz CT molecular complexity index is 367. The molecule has 0 radical (unpaired) electrons. The maximum Gasteiger partial charge on any atom is 0.407 e. The van der Waals surface area contributed by atoms with Crippen molar-refractivity contribution in [3.05, 3.63) is 29.6 Å². The molecule has 0 aromatic carbocycles. The van der Waals surface area contributed by atoms with E-state index < -0.39 is 12.2 Å². The molecule has 1 heterocycles. The van der Waals surface area contributed by atoms with Gasteiger partial charge in [-0.2, -0.15) is 18.4 Å². The number of aromatic nitrogens is 1. The normalized spacial score (nSPS) is 13.4. The third kappa shape index (κ3) is 2.00. The van der Waals surface area contributed by atoms with E-state index >= 15 is 0 Å². The largest absolute Gasteiger partial charge is 0.407 e. The molecule has 1 atom stereocenters. The van der Waals surface area contributed by atoms with E-state index in [1.54, 1.807) is 6.07 Å². The zero-order chi connectivity index (χ0) is 10.8. The van der Waals surface area contributed by atoms with Crippen LogP contribution in [-0.4, -0.2) is 11.2 Å². The molecule has 1 rings (SSSR count). The van der Waals surface area contributed by atoms with Gasteiger partial charge in [-0.05, 0) is 6.07 Å². The topological polar surface area (TPSA) is 62.7 Å². The van der Waals surface area contributed by atoms with Crippen molar-refractivity contribution in [1.29, 1.82) is 5.26 Å². The maximum atomic E-state index is 12.2. The van der Waals surface area contributed by atoms with E-state index in [1.165, 1.54) is 12.3 Å². The molecule has 3 nitrogen and oxygen atoms in total. The fourth-order valence-electron chi connectivity index (χ4n) is 0.938. The number of nitriles is 1. The van der Waals surface area contributed by atoms with Crippen LogP contribution >= 0.6 is 0 Å². The SMILES string of the molecule is N#Cc1ncccc1C(N)C(F)(F)F. The Morgan fingerprint density at radius 1 is 1.50 bits per heavy atom. The molecule has 0 aliphatic rings. The molecule has 0 saturated carbocycles. The number of rotatable bonds is 1. The van der Waals surface area contributed by atoms with Crippen molar-refractivity contribution >= 4 is 0 Å². The smallest absolute Gasteiger partial charge is 0.316 e. The summed E-state index contributed by atoms with van der Waals surface area (Å²) < 4.78 is 36.6. The first kappa shape index (κ1) is 10.5. The lowest BCUT2D eigenvalue weighted by molar-refractivity contribution is -0.149. The Kier molecular flexibility index (Phi) is 2.72. The molecule has 74 valence electrons. The number of hydrogen-bond donors (Lipinski definition) is 1. The standard InChI is InChI=1S/C8H6F3N3/c9-8(10,11)7(13)5-2-1-3-14-6(5)4-12/h1-3,7H,13H2. The summed E-state index contributed by atoms with van der Waals surface area (Å²) in [5.74, 6) is 0. The highest BCUT2D eigenvalue weighted by Crippen LogP contribution is 2.31. The first-order valence-corrected chi connectivity index (χ1v) is 3.64. The maximum absolute atomic E-state index is 12.2. The molecule has 0 fully saturated rings. The van der Waals surface area contributed by atoms with Crippen LogP contribution in [0.4, 0.5) is 13.2 Å². The molecule has 1 unspecified atom stereocenters. The van der Waals surface area contributed by atoms with Crippen molar-refractivity contribution in [2.24, 2.45) is 5.73 Å². The van der Waals surface area contributed by atoms with Gasteiger partial charge in [0.05, 0.1) is 0 Å². The van der Waals surface area contributed by atoms with Gasteiger partial charge >= 0.3 is 6.18 Å². The van der Waals surface area contributed by atoms with Gasteiger partial charge in [-0.25, -0.2) is 4.98 Å². The number of nitrogens with two attached hydrogens (primary N) is 1. The van der Waals surface area contributed by atoms with Crippen molar-refractivity contribution in [1.82, 2.24) is 4.98 Å². The van der Waals surface area contributed by atoms with Gasteiger partial charge in [-0.15, -0.1) is 0 Å². The van der Waals surface area contributed by atoms with Crippen molar-refractivity contribution < 1.29 is 13.2 Å². The van der Waals surface area contributed by atoms with Crippen LogP contribution in [0.25, 0.3) is 0 Å². The summed E-state index contributed by atoms with van der Waals surface area (Å²) >= 11 is 0. The highest BCUT2D eigenvalue weighted by atomic mass is 19.4. The monoisotopic (exact) mass is 201 g/mol. The van der Waals surface area contributed by atoms with Gasteiger partial charge in [0.15, 0.2) is 0 Å². The summed E-state index contributed by atoms with van der Waals surface area (Å²) in [6.45, 7) is 0. The zero-order valence-electron chi connectivity index (χ0n) is 6.92. The number of hydrogen-bond acceptors (Lipinski definition) is 3. The lowest BCUT2D eigenvalue weighted by Crippen LogP contribution is -2.29. The van der Waals surface area contributed by atoms with E-state index in [2.05, 4.69) is 4.98 Å². The average Bonchev–Trinajstić information content (AvgIpc) is 2.15. The molecule has 1 aromatic rings. The number of nitrogens with zero attached hydrogens (tertiary/aromatic N) is 2. The van der Waals surface area contributed by atoms with Crippen molar-refractivity contribution in [3.63, 3.8) is 0 Å². The predicted molar refractivity (Wildman–Crippen MR) is 41.9 cm³/mol. The van der Waals surface area contributed by atoms with Crippen LogP contribution in [0.15, 0.2) is 18.3 Å². The summed E-state index contributed by atoms with van der Waals surface area (Å²) in [5.41, 5.74) is 4.33. The van der Waals surface area contributed by atoms with Crippen LogP contribution in [0.2, 0.25) is 0 Å². The zero-order valence-corrected chi connectivity index (χ0v) is 6.92. The Balaban J connectivity index is 3.14. The first-order valence-electron chi connectivity index (χ1n) is 3.64. The summed E-state index contributed by atoms with van der Waals surface area (Å²) in [6.07, 6.45) is -3.32. The lowest BCUT2D eigenvalue weighted by Gasteiger charge is -2.15. The second-order valence-electron chi connectivity index (χ2n) is 2.57. The third-order valence-electron chi connectivity index (χ3n) is 1.63. The fourth-order valence-corrected chi connectivity index (χ4v) is 0.938. The second kappa shape index (κ2) is 3.64. The van der Waals surface area contributed by atoms with Gasteiger partial charge < -0.3 is 5.73 Å². The Morgan fingerprint density at radius 3 is 2.64 bits per heavy atom. The third-order valence-corrected chi connectivity index (χ3v) is 1.63. The van der Waals surface area contributed by atoms with Gasteiger partial charge in [0.1, 0.15) is 17.8 Å². The van der Waals surface area contributed by atoms with Crippen LogP contribution in [-0.2, 0) is 0 Å². The highest BCUT2D eigenvalue weighted by Gasteiger charge is 2.39. The second-order valence-corrected chi connectivity index (χ2v) is 2.57. The van der Waals surface area contributed by atoms with Gasteiger partial charge in [0, 0.05) is 11.8 Å². The van der Waals surface area contributed by atoms with Gasteiger partial charge in [-0.1, -0.05) is 6.07 Å². The van der Waals surface area contributed by atoms with Crippen LogP contribution in [0.5, 0.6) is 0 Å². The number of pyridine rings is 1. The van der Waals surface area contributed by atoms with E-state index in [0.717, 1.165) is 6.07 Å². The van der Waals surface area contributed by atoms with Crippen molar-refractivity contribution in [3.8, 4) is 6.07 Å². The molecule has 1 aromatic heterocycles. The minimum Gasteiger partial charge on any atom is -0.316 e. The summed E-state index contributed by atoms with van der Waals surface area (Å²) in [4.78, 5) is 3.49. The summed E-state index contributed by atoms with van der Waals surface area (Å²) in [7, 11) is 0. The van der Waals surface area contributed by atoms with Gasteiger partial charge in [0.25, 0.3) is 0 Å². The molecule has 2 N–H and O–H groups in total. The molecule has 0 aliphatic carbocycles. The van der Waals surface area contributed by atoms with E-state index in [-0.39, 0.29) is 11.3 Å². The Hall–Kier alpha value is -1.61.